The van der Waals surface area contributed by atoms with E-state index < -0.39 is 0 Å². The number of hydrogen-bond donors (Lipinski definition) is 1. The smallest absolute Gasteiger partial charge is 0.0934 e. The van der Waals surface area contributed by atoms with E-state index in [1.807, 2.05) is 0 Å². The number of nitrogens with zero attached hydrogens (tertiary/aromatic N) is 1. The SMILES string of the molecule is CN(C)C(C)(C)CNC1CCc2sc(Cl)cc21. The normalized spacial score (nSPS) is 20.0. The quantitative estimate of drug-likeness (QED) is 0.905. The second-order valence-corrected chi connectivity index (χ2v) is 7.38. The van der Waals surface area contributed by atoms with Gasteiger partial charge >= 0.3 is 0 Å². The van der Waals surface area contributed by atoms with Crippen molar-refractivity contribution in [3.8, 4) is 0 Å². The van der Waals surface area contributed by atoms with Gasteiger partial charge in [0.25, 0.3) is 0 Å². The molecule has 0 saturated heterocycles. The minimum atomic E-state index is 0.183. The van der Waals surface area contributed by atoms with Gasteiger partial charge in [-0.15, -0.1) is 11.3 Å². The standard InChI is InChI=1S/C13H21ClN2S/c1-13(2,16(3)4)8-15-10-5-6-11-9(10)7-12(14)17-11/h7,10,15H,5-6,8H2,1-4H3. The van der Waals surface area contributed by atoms with Crippen LogP contribution in [0.2, 0.25) is 4.34 Å². The molecule has 1 heterocycles. The molecule has 1 aliphatic carbocycles. The molecule has 1 unspecified atom stereocenters. The van der Waals surface area contributed by atoms with Crippen LogP contribution in [0.3, 0.4) is 0 Å². The minimum Gasteiger partial charge on any atom is -0.308 e. The molecule has 0 aromatic carbocycles. The number of nitrogens with one attached hydrogen (secondary N) is 1. The van der Waals surface area contributed by atoms with E-state index in [9.17, 15) is 0 Å². The van der Waals surface area contributed by atoms with Gasteiger partial charge in [0.05, 0.1) is 4.34 Å². The number of rotatable bonds is 4. The van der Waals surface area contributed by atoms with Crippen molar-refractivity contribution in [1.29, 1.82) is 0 Å². The van der Waals surface area contributed by atoms with Gasteiger partial charge in [-0.05, 0) is 52.4 Å². The van der Waals surface area contributed by atoms with Crippen LogP contribution in [0.5, 0.6) is 0 Å². The van der Waals surface area contributed by atoms with Crippen LogP contribution in [0.25, 0.3) is 0 Å². The van der Waals surface area contributed by atoms with E-state index in [-0.39, 0.29) is 5.54 Å². The van der Waals surface area contributed by atoms with Gasteiger partial charge in [0, 0.05) is 23.0 Å². The van der Waals surface area contributed by atoms with Crippen LogP contribution in [0.1, 0.15) is 36.8 Å². The van der Waals surface area contributed by atoms with Crippen molar-refractivity contribution in [2.75, 3.05) is 20.6 Å². The lowest BCUT2D eigenvalue weighted by Crippen LogP contribution is -2.47. The van der Waals surface area contributed by atoms with Crippen LogP contribution >= 0.6 is 22.9 Å². The molecule has 0 radical (unpaired) electrons. The summed E-state index contributed by atoms with van der Waals surface area (Å²) in [5.74, 6) is 0. The van der Waals surface area contributed by atoms with Gasteiger partial charge in [-0.25, -0.2) is 0 Å². The summed E-state index contributed by atoms with van der Waals surface area (Å²) in [5, 5.41) is 3.68. The lowest BCUT2D eigenvalue weighted by molar-refractivity contribution is 0.184. The third-order valence-electron chi connectivity index (χ3n) is 3.84. The highest BCUT2D eigenvalue weighted by atomic mass is 35.5. The van der Waals surface area contributed by atoms with Crippen LogP contribution in [0.15, 0.2) is 6.07 Å². The monoisotopic (exact) mass is 272 g/mol. The molecule has 17 heavy (non-hydrogen) atoms. The Morgan fingerprint density at radius 1 is 1.53 bits per heavy atom. The summed E-state index contributed by atoms with van der Waals surface area (Å²) in [7, 11) is 4.26. The molecule has 1 atom stereocenters. The lowest BCUT2D eigenvalue weighted by Gasteiger charge is -2.34. The highest BCUT2D eigenvalue weighted by Crippen LogP contribution is 2.39. The van der Waals surface area contributed by atoms with E-state index in [0.717, 1.165) is 10.9 Å². The first-order valence-corrected chi connectivity index (χ1v) is 7.28. The summed E-state index contributed by atoms with van der Waals surface area (Å²) in [4.78, 5) is 3.73. The van der Waals surface area contributed by atoms with Crippen LogP contribution < -0.4 is 5.32 Å². The van der Waals surface area contributed by atoms with Crippen LogP contribution in [0, 0.1) is 0 Å². The van der Waals surface area contributed by atoms with Crippen molar-refractivity contribution in [2.45, 2.75) is 38.3 Å². The minimum absolute atomic E-state index is 0.183. The van der Waals surface area contributed by atoms with E-state index in [1.165, 1.54) is 23.3 Å². The number of aryl methyl sites for hydroxylation is 1. The largest absolute Gasteiger partial charge is 0.308 e. The Balaban J connectivity index is 1.98. The average molecular weight is 273 g/mol. The Kier molecular flexibility index (Phi) is 3.83. The van der Waals surface area contributed by atoms with Crippen molar-refractivity contribution in [2.24, 2.45) is 0 Å². The fraction of sp³-hybridized carbons (Fsp3) is 0.692. The molecular formula is C13H21ClN2S. The Hall–Kier alpha value is -0.0900. The molecule has 2 nitrogen and oxygen atoms in total. The van der Waals surface area contributed by atoms with Gasteiger partial charge in [-0.1, -0.05) is 11.6 Å². The van der Waals surface area contributed by atoms with Crippen molar-refractivity contribution >= 4 is 22.9 Å². The average Bonchev–Trinajstić information content (AvgIpc) is 2.74. The van der Waals surface area contributed by atoms with Gasteiger partial charge in [-0.2, -0.15) is 0 Å². The predicted molar refractivity (Wildman–Crippen MR) is 76.2 cm³/mol. The van der Waals surface area contributed by atoms with Crippen LogP contribution in [-0.4, -0.2) is 31.1 Å². The molecule has 0 aliphatic heterocycles. The Morgan fingerprint density at radius 2 is 2.24 bits per heavy atom. The third kappa shape index (κ3) is 2.84. The highest BCUT2D eigenvalue weighted by molar-refractivity contribution is 7.16. The molecule has 0 amide bonds. The predicted octanol–water partition coefficient (Wildman–Crippen LogP) is 3.32. The van der Waals surface area contributed by atoms with Crippen molar-refractivity contribution < 1.29 is 0 Å². The van der Waals surface area contributed by atoms with Gasteiger partial charge in [0.1, 0.15) is 0 Å². The van der Waals surface area contributed by atoms with Gasteiger partial charge in [0.2, 0.25) is 0 Å². The highest BCUT2D eigenvalue weighted by Gasteiger charge is 2.27. The maximum Gasteiger partial charge on any atom is 0.0934 e. The van der Waals surface area contributed by atoms with Gasteiger partial charge in [-0.3, -0.25) is 0 Å². The van der Waals surface area contributed by atoms with Gasteiger partial charge < -0.3 is 10.2 Å². The molecule has 2 rings (SSSR count). The molecule has 0 bridgehead atoms. The van der Waals surface area contributed by atoms with Crippen molar-refractivity contribution in [1.82, 2.24) is 10.2 Å². The fourth-order valence-corrected chi connectivity index (χ4v) is 3.43. The topological polar surface area (TPSA) is 15.3 Å². The molecule has 4 heteroatoms. The van der Waals surface area contributed by atoms with Crippen molar-refractivity contribution in [3.05, 3.63) is 20.8 Å². The van der Waals surface area contributed by atoms with Crippen LogP contribution in [-0.2, 0) is 6.42 Å². The summed E-state index contributed by atoms with van der Waals surface area (Å²) < 4.78 is 0.924. The number of halogens is 1. The first kappa shape index (κ1) is 13.3. The summed E-state index contributed by atoms with van der Waals surface area (Å²) in [6.07, 6.45) is 2.38. The van der Waals surface area contributed by atoms with Gasteiger partial charge in [0.15, 0.2) is 0 Å². The molecule has 1 aromatic heterocycles. The summed E-state index contributed by atoms with van der Waals surface area (Å²) in [6.45, 7) is 5.52. The second-order valence-electron chi connectivity index (χ2n) is 5.61. The summed E-state index contributed by atoms with van der Waals surface area (Å²) in [6, 6.07) is 2.63. The molecule has 0 saturated carbocycles. The molecule has 1 aromatic rings. The molecule has 96 valence electrons. The Morgan fingerprint density at radius 3 is 2.88 bits per heavy atom. The number of thiophene rings is 1. The van der Waals surface area contributed by atoms with Crippen LogP contribution in [0.4, 0.5) is 0 Å². The maximum absolute atomic E-state index is 6.07. The lowest BCUT2D eigenvalue weighted by atomic mass is 10.0. The maximum atomic E-state index is 6.07. The van der Waals surface area contributed by atoms with Crippen molar-refractivity contribution in [3.63, 3.8) is 0 Å². The van der Waals surface area contributed by atoms with E-state index in [1.54, 1.807) is 11.3 Å². The number of hydrogen-bond acceptors (Lipinski definition) is 3. The first-order chi connectivity index (χ1) is 7.90. The Labute approximate surface area is 113 Å². The first-order valence-electron chi connectivity index (χ1n) is 6.09. The molecule has 0 fully saturated rings. The van der Waals surface area contributed by atoms with E-state index in [0.29, 0.717) is 6.04 Å². The van der Waals surface area contributed by atoms with E-state index >= 15 is 0 Å². The summed E-state index contributed by atoms with van der Waals surface area (Å²) in [5.41, 5.74) is 1.61. The molecule has 1 N–H and O–H groups in total. The number of likely N-dealkylation sites (N-methyl/N-ethyl adjacent to an activating group) is 1. The fourth-order valence-electron chi connectivity index (χ4n) is 2.07. The Bertz CT molecular complexity index is 398. The van der Waals surface area contributed by atoms with E-state index in [4.69, 9.17) is 11.6 Å². The molecule has 1 aliphatic rings. The summed E-state index contributed by atoms with van der Waals surface area (Å²) >= 11 is 7.80. The molecule has 0 spiro atoms. The zero-order valence-electron chi connectivity index (χ0n) is 11.0. The second kappa shape index (κ2) is 4.88. The number of fused-ring (bicyclic) bond motifs is 1. The zero-order valence-corrected chi connectivity index (χ0v) is 12.6. The van der Waals surface area contributed by atoms with E-state index in [2.05, 4.69) is 44.2 Å². The zero-order chi connectivity index (χ0) is 12.6. The molecular weight excluding hydrogens is 252 g/mol. The third-order valence-corrected chi connectivity index (χ3v) is 5.18.